The molecule has 2 rings (SSSR count). The number of ether oxygens (including phenoxy) is 2. The molecule has 4 heteroatoms. The molecule has 0 aromatic heterocycles. The topological polar surface area (TPSA) is 30.5 Å². The Kier molecular flexibility index (Phi) is 5.02. The Morgan fingerprint density at radius 3 is 2.46 bits per heavy atom. The predicted molar refractivity (Wildman–Crippen MR) is 53.2 cm³/mol. The molecule has 0 aromatic carbocycles. The van der Waals surface area contributed by atoms with Crippen LogP contribution in [-0.4, -0.2) is 32.6 Å². The largest absolute Gasteiger partial charge is 0.381 e. The van der Waals surface area contributed by atoms with Crippen molar-refractivity contribution in [1.29, 1.82) is 0 Å². The van der Waals surface area contributed by atoms with Crippen LogP contribution in [0.2, 0.25) is 0 Å². The van der Waals surface area contributed by atoms with Crippen molar-refractivity contribution in [3.05, 3.63) is 0 Å². The Morgan fingerprint density at radius 2 is 1.85 bits per heavy atom. The van der Waals surface area contributed by atoms with E-state index in [-0.39, 0.29) is 12.4 Å². The molecule has 0 aliphatic carbocycles. The highest BCUT2D eigenvalue weighted by molar-refractivity contribution is 5.85. The van der Waals surface area contributed by atoms with Crippen LogP contribution in [0, 0.1) is 5.92 Å². The third-order valence-corrected chi connectivity index (χ3v) is 2.66. The normalized spacial score (nSPS) is 30.9. The zero-order chi connectivity index (χ0) is 8.23. The molecule has 2 aliphatic heterocycles. The SMILES string of the molecule is C1CNC(C2CCOCC2)OC1.Cl. The van der Waals surface area contributed by atoms with Crippen molar-refractivity contribution in [2.45, 2.75) is 25.5 Å². The number of nitrogens with one attached hydrogen (secondary N) is 1. The van der Waals surface area contributed by atoms with Gasteiger partial charge in [-0.3, -0.25) is 5.32 Å². The second kappa shape index (κ2) is 5.81. The number of rotatable bonds is 1. The summed E-state index contributed by atoms with van der Waals surface area (Å²) in [5.74, 6) is 0.680. The summed E-state index contributed by atoms with van der Waals surface area (Å²) < 4.78 is 11.0. The summed E-state index contributed by atoms with van der Waals surface area (Å²) >= 11 is 0. The summed E-state index contributed by atoms with van der Waals surface area (Å²) in [6.45, 7) is 3.86. The summed E-state index contributed by atoms with van der Waals surface area (Å²) in [6, 6.07) is 0. The van der Waals surface area contributed by atoms with E-state index in [4.69, 9.17) is 9.47 Å². The highest BCUT2D eigenvalue weighted by atomic mass is 35.5. The van der Waals surface area contributed by atoms with Gasteiger partial charge < -0.3 is 9.47 Å². The first-order valence-corrected chi connectivity index (χ1v) is 4.89. The van der Waals surface area contributed by atoms with E-state index < -0.39 is 0 Å². The summed E-state index contributed by atoms with van der Waals surface area (Å²) in [7, 11) is 0. The number of hydrogen-bond donors (Lipinski definition) is 1. The molecule has 2 saturated heterocycles. The van der Waals surface area contributed by atoms with Crippen molar-refractivity contribution in [2.75, 3.05) is 26.4 Å². The minimum Gasteiger partial charge on any atom is -0.381 e. The van der Waals surface area contributed by atoms with Gasteiger partial charge in [-0.2, -0.15) is 0 Å². The van der Waals surface area contributed by atoms with Gasteiger partial charge in [-0.15, -0.1) is 12.4 Å². The van der Waals surface area contributed by atoms with E-state index in [0.717, 1.165) is 45.6 Å². The van der Waals surface area contributed by atoms with Crippen molar-refractivity contribution < 1.29 is 9.47 Å². The van der Waals surface area contributed by atoms with Crippen LogP contribution in [0.3, 0.4) is 0 Å². The minimum absolute atomic E-state index is 0. The fourth-order valence-corrected chi connectivity index (χ4v) is 1.91. The van der Waals surface area contributed by atoms with Crippen molar-refractivity contribution in [3.8, 4) is 0 Å². The van der Waals surface area contributed by atoms with E-state index in [9.17, 15) is 0 Å². The van der Waals surface area contributed by atoms with Crippen LogP contribution < -0.4 is 5.32 Å². The van der Waals surface area contributed by atoms with Crippen molar-refractivity contribution >= 4 is 12.4 Å². The molecule has 0 spiro atoms. The van der Waals surface area contributed by atoms with Gasteiger partial charge in [0.2, 0.25) is 0 Å². The molecular weight excluding hydrogens is 190 g/mol. The average Bonchev–Trinajstić information content (AvgIpc) is 2.21. The maximum atomic E-state index is 5.65. The Hall–Kier alpha value is 0.170. The lowest BCUT2D eigenvalue weighted by atomic mass is 9.98. The molecule has 2 heterocycles. The van der Waals surface area contributed by atoms with Gasteiger partial charge in [-0.1, -0.05) is 0 Å². The third kappa shape index (κ3) is 3.09. The van der Waals surface area contributed by atoms with Crippen molar-refractivity contribution in [2.24, 2.45) is 5.92 Å². The lowest BCUT2D eigenvalue weighted by molar-refractivity contribution is -0.0674. The van der Waals surface area contributed by atoms with Crippen LogP contribution in [-0.2, 0) is 9.47 Å². The lowest BCUT2D eigenvalue weighted by Crippen LogP contribution is -2.45. The van der Waals surface area contributed by atoms with E-state index in [1.807, 2.05) is 0 Å². The summed E-state index contributed by atoms with van der Waals surface area (Å²) in [4.78, 5) is 0. The van der Waals surface area contributed by atoms with Crippen LogP contribution in [0.15, 0.2) is 0 Å². The van der Waals surface area contributed by atoms with Gasteiger partial charge in [0, 0.05) is 25.7 Å². The first-order valence-electron chi connectivity index (χ1n) is 4.89. The lowest BCUT2D eigenvalue weighted by Gasteiger charge is -2.33. The molecule has 13 heavy (non-hydrogen) atoms. The monoisotopic (exact) mass is 207 g/mol. The van der Waals surface area contributed by atoms with E-state index >= 15 is 0 Å². The van der Waals surface area contributed by atoms with Gasteiger partial charge in [0.15, 0.2) is 0 Å². The van der Waals surface area contributed by atoms with Gasteiger partial charge >= 0.3 is 0 Å². The maximum Gasteiger partial charge on any atom is 0.111 e. The van der Waals surface area contributed by atoms with E-state index in [1.165, 1.54) is 0 Å². The van der Waals surface area contributed by atoms with Gasteiger partial charge in [0.05, 0.1) is 0 Å². The van der Waals surface area contributed by atoms with Crippen LogP contribution in [0.25, 0.3) is 0 Å². The fraction of sp³-hybridized carbons (Fsp3) is 1.00. The fourth-order valence-electron chi connectivity index (χ4n) is 1.91. The molecule has 0 amide bonds. The number of halogens is 1. The molecule has 2 fully saturated rings. The molecule has 0 aromatic rings. The van der Waals surface area contributed by atoms with Crippen molar-refractivity contribution in [3.63, 3.8) is 0 Å². The molecular formula is C9H18ClNO2. The summed E-state index contributed by atoms with van der Waals surface area (Å²) in [5, 5.41) is 3.41. The highest BCUT2D eigenvalue weighted by Gasteiger charge is 2.25. The van der Waals surface area contributed by atoms with Crippen LogP contribution in [0.5, 0.6) is 0 Å². The molecule has 0 bridgehead atoms. The number of hydrogen-bond acceptors (Lipinski definition) is 3. The summed E-state index contributed by atoms with van der Waals surface area (Å²) in [6.07, 6.45) is 3.76. The predicted octanol–water partition coefficient (Wildman–Crippen LogP) is 1.17. The Labute approximate surface area is 85.6 Å². The van der Waals surface area contributed by atoms with Crippen LogP contribution >= 0.6 is 12.4 Å². The molecule has 78 valence electrons. The molecule has 0 radical (unpaired) electrons. The molecule has 0 saturated carbocycles. The molecule has 1 atom stereocenters. The smallest absolute Gasteiger partial charge is 0.111 e. The van der Waals surface area contributed by atoms with E-state index in [0.29, 0.717) is 12.1 Å². The molecule has 3 nitrogen and oxygen atoms in total. The quantitative estimate of drug-likeness (QED) is 0.701. The van der Waals surface area contributed by atoms with E-state index in [1.54, 1.807) is 0 Å². The Morgan fingerprint density at radius 1 is 1.08 bits per heavy atom. The zero-order valence-corrected chi connectivity index (χ0v) is 8.65. The van der Waals surface area contributed by atoms with Gasteiger partial charge in [0.1, 0.15) is 6.23 Å². The zero-order valence-electron chi connectivity index (χ0n) is 7.83. The van der Waals surface area contributed by atoms with Gasteiger partial charge in [-0.25, -0.2) is 0 Å². The minimum atomic E-state index is 0. The third-order valence-electron chi connectivity index (χ3n) is 2.66. The first-order chi connectivity index (χ1) is 5.97. The average molecular weight is 208 g/mol. The second-order valence-corrected chi connectivity index (χ2v) is 3.55. The highest BCUT2D eigenvalue weighted by Crippen LogP contribution is 2.20. The Bertz CT molecular complexity index is 118. The Balaban J connectivity index is 0.000000845. The maximum absolute atomic E-state index is 5.65. The van der Waals surface area contributed by atoms with Crippen LogP contribution in [0.4, 0.5) is 0 Å². The molecule has 2 aliphatic rings. The second-order valence-electron chi connectivity index (χ2n) is 3.55. The standard InChI is InChI=1S/C9H17NO2.ClH/c1-4-10-9(12-5-1)8-2-6-11-7-3-8;/h8-10H,1-7H2;1H. The summed E-state index contributed by atoms with van der Waals surface area (Å²) in [5.41, 5.74) is 0. The first kappa shape index (κ1) is 11.2. The molecule has 1 N–H and O–H groups in total. The van der Waals surface area contributed by atoms with Crippen LogP contribution in [0.1, 0.15) is 19.3 Å². The van der Waals surface area contributed by atoms with E-state index in [2.05, 4.69) is 5.32 Å². The molecule has 1 unspecified atom stereocenters. The van der Waals surface area contributed by atoms with Gasteiger partial charge in [-0.05, 0) is 25.8 Å². The van der Waals surface area contributed by atoms with Gasteiger partial charge in [0.25, 0.3) is 0 Å². The van der Waals surface area contributed by atoms with Crippen molar-refractivity contribution in [1.82, 2.24) is 5.32 Å².